The van der Waals surface area contributed by atoms with Crippen molar-refractivity contribution in [2.75, 3.05) is 13.7 Å². The number of pyridine rings is 1. The predicted molar refractivity (Wildman–Crippen MR) is 71.7 cm³/mol. The molecule has 0 saturated carbocycles. The summed E-state index contributed by atoms with van der Waals surface area (Å²) in [6, 6.07) is 6.90. The van der Waals surface area contributed by atoms with Crippen molar-refractivity contribution in [3.8, 4) is 5.75 Å². The quantitative estimate of drug-likeness (QED) is 0.789. The number of methoxy groups -OCH3 is 1. The summed E-state index contributed by atoms with van der Waals surface area (Å²) in [6.07, 6.45) is 0. The maximum atomic E-state index is 12.1. The van der Waals surface area contributed by atoms with E-state index in [0.717, 1.165) is 0 Å². The Morgan fingerprint density at radius 1 is 1.37 bits per heavy atom. The highest BCUT2D eigenvalue weighted by molar-refractivity contribution is 5.95. The molecule has 1 aromatic carbocycles. The van der Waals surface area contributed by atoms with Crippen molar-refractivity contribution in [3.05, 3.63) is 40.2 Å². The number of hydrogen-bond acceptors (Lipinski definition) is 4. The molecule has 0 radical (unpaired) electrons. The smallest absolute Gasteiger partial charge is 0.343 e. The molecule has 0 aliphatic carbocycles. The third-order valence-electron chi connectivity index (χ3n) is 2.94. The van der Waals surface area contributed by atoms with Gasteiger partial charge >= 0.3 is 5.97 Å². The first-order valence-electron chi connectivity index (χ1n) is 5.94. The molecule has 0 aliphatic rings. The van der Waals surface area contributed by atoms with E-state index in [0.29, 0.717) is 16.7 Å². The summed E-state index contributed by atoms with van der Waals surface area (Å²) < 4.78 is 11.6. The molecule has 2 rings (SSSR count). The molecule has 100 valence electrons. The van der Waals surface area contributed by atoms with Crippen molar-refractivity contribution in [2.24, 2.45) is 7.05 Å². The molecule has 0 N–H and O–H groups in total. The van der Waals surface area contributed by atoms with Gasteiger partial charge in [0, 0.05) is 12.4 Å². The van der Waals surface area contributed by atoms with Crippen LogP contribution in [0.15, 0.2) is 29.1 Å². The maximum absolute atomic E-state index is 12.1. The van der Waals surface area contributed by atoms with Gasteiger partial charge in [0.2, 0.25) is 0 Å². The Morgan fingerprint density at radius 3 is 2.74 bits per heavy atom. The second-order valence-electron chi connectivity index (χ2n) is 4.04. The van der Waals surface area contributed by atoms with Gasteiger partial charge in [-0.05, 0) is 25.1 Å². The Balaban J connectivity index is 2.77. The molecule has 19 heavy (non-hydrogen) atoms. The van der Waals surface area contributed by atoms with Crippen molar-refractivity contribution in [3.63, 3.8) is 0 Å². The van der Waals surface area contributed by atoms with E-state index < -0.39 is 5.97 Å². The first-order valence-corrected chi connectivity index (χ1v) is 5.94. The fraction of sp³-hybridized carbons (Fsp3) is 0.286. The SMILES string of the molecule is CCOC(=O)c1cc2c(OC)cccc2n(C)c1=O. The first kappa shape index (κ1) is 13.1. The van der Waals surface area contributed by atoms with Crippen LogP contribution in [0.4, 0.5) is 0 Å². The molecule has 0 aliphatic heterocycles. The number of nitrogens with zero attached hydrogens (tertiary/aromatic N) is 1. The van der Waals surface area contributed by atoms with E-state index in [1.54, 1.807) is 39.3 Å². The highest BCUT2D eigenvalue weighted by Crippen LogP contribution is 2.24. The van der Waals surface area contributed by atoms with E-state index in [4.69, 9.17) is 9.47 Å². The van der Waals surface area contributed by atoms with Crippen LogP contribution >= 0.6 is 0 Å². The lowest BCUT2D eigenvalue weighted by Crippen LogP contribution is -2.25. The van der Waals surface area contributed by atoms with Crippen LogP contribution in [-0.2, 0) is 11.8 Å². The van der Waals surface area contributed by atoms with Crippen LogP contribution in [-0.4, -0.2) is 24.3 Å². The number of rotatable bonds is 3. The summed E-state index contributed by atoms with van der Waals surface area (Å²) in [6.45, 7) is 1.93. The Kier molecular flexibility index (Phi) is 3.55. The lowest BCUT2D eigenvalue weighted by Gasteiger charge is -2.11. The summed E-state index contributed by atoms with van der Waals surface area (Å²) in [5.74, 6) is -0.00504. The van der Waals surface area contributed by atoms with Crippen LogP contribution in [0.1, 0.15) is 17.3 Å². The van der Waals surface area contributed by atoms with Gasteiger partial charge in [0.25, 0.3) is 5.56 Å². The minimum Gasteiger partial charge on any atom is -0.496 e. The van der Waals surface area contributed by atoms with Crippen LogP contribution in [0, 0.1) is 0 Å². The summed E-state index contributed by atoms with van der Waals surface area (Å²) in [4.78, 5) is 23.9. The molecule has 0 spiro atoms. The zero-order valence-corrected chi connectivity index (χ0v) is 11.1. The zero-order valence-electron chi connectivity index (χ0n) is 11.1. The van der Waals surface area contributed by atoms with Gasteiger partial charge in [-0.25, -0.2) is 4.79 Å². The normalized spacial score (nSPS) is 10.5. The average molecular weight is 261 g/mol. The van der Waals surface area contributed by atoms with Crippen molar-refractivity contribution in [2.45, 2.75) is 6.92 Å². The van der Waals surface area contributed by atoms with Gasteiger partial charge in [0.15, 0.2) is 0 Å². The molecule has 1 heterocycles. The van der Waals surface area contributed by atoms with Crippen LogP contribution in [0.3, 0.4) is 0 Å². The Bertz CT molecular complexity index is 688. The van der Waals surface area contributed by atoms with Crippen LogP contribution in [0.25, 0.3) is 10.9 Å². The van der Waals surface area contributed by atoms with Crippen molar-refractivity contribution >= 4 is 16.9 Å². The van der Waals surface area contributed by atoms with Crippen molar-refractivity contribution in [1.82, 2.24) is 4.57 Å². The number of carbonyl (C=O) groups is 1. The number of benzene rings is 1. The van der Waals surface area contributed by atoms with E-state index >= 15 is 0 Å². The number of aryl methyl sites for hydroxylation is 1. The summed E-state index contributed by atoms with van der Waals surface area (Å²) in [5.41, 5.74) is 0.345. The van der Waals surface area contributed by atoms with Crippen LogP contribution in [0.5, 0.6) is 5.75 Å². The number of ether oxygens (including phenoxy) is 2. The van der Waals surface area contributed by atoms with Crippen LogP contribution < -0.4 is 10.3 Å². The summed E-state index contributed by atoms with van der Waals surface area (Å²) in [5, 5.41) is 0.704. The fourth-order valence-electron chi connectivity index (χ4n) is 2.00. The van der Waals surface area contributed by atoms with E-state index in [2.05, 4.69) is 0 Å². The van der Waals surface area contributed by atoms with Crippen molar-refractivity contribution in [1.29, 1.82) is 0 Å². The largest absolute Gasteiger partial charge is 0.496 e. The lowest BCUT2D eigenvalue weighted by molar-refractivity contribution is 0.0524. The minimum atomic E-state index is -0.615. The topological polar surface area (TPSA) is 57.5 Å². The maximum Gasteiger partial charge on any atom is 0.343 e. The Labute approximate surface area is 110 Å². The van der Waals surface area contributed by atoms with Gasteiger partial charge in [-0.3, -0.25) is 4.79 Å². The summed E-state index contributed by atoms with van der Waals surface area (Å²) in [7, 11) is 3.16. The van der Waals surface area contributed by atoms with Gasteiger partial charge in [0.1, 0.15) is 11.3 Å². The zero-order chi connectivity index (χ0) is 14.0. The van der Waals surface area contributed by atoms with Gasteiger partial charge in [-0.2, -0.15) is 0 Å². The van der Waals surface area contributed by atoms with E-state index in [1.807, 2.05) is 0 Å². The Hall–Kier alpha value is -2.30. The molecule has 2 aromatic rings. The molecule has 5 heteroatoms. The second-order valence-corrected chi connectivity index (χ2v) is 4.04. The van der Waals surface area contributed by atoms with Gasteiger partial charge in [-0.15, -0.1) is 0 Å². The number of fused-ring (bicyclic) bond motifs is 1. The van der Waals surface area contributed by atoms with Crippen LogP contribution in [0.2, 0.25) is 0 Å². The second kappa shape index (κ2) is 5.14. The third kappa shape index (κ3) is 2.19. The highest BCUT2D eigenvalue weighted by atomic mass is 16.5. The van der Waals surface area contributed by atoms with Gasteiger partial charge < -0.3 is 14.0 Å². The molecule has 5 nitrogen and oxygen atoms in total. The highest BCUT2D eigenvalue weighted by Gasteiger charge is 2.16. The lowest BCUT2D eigenvalue weighted by atomic mass is 10.1. The van der Waals surface area contributed by atoms with E-state index in [1.165, 1.54) is 10.6 Å². The van der Waals surface area contributed by atoms with Gasteiger partial charge in [0.05, 0.1) is 19.2 Å². The monoisotopic (exact) mass is 261 g/mol. The minimum absolute atomic E-state index is 0.0151. The number of esters is 1. The van der Waals surface area contributed by atoms with Crippen molar-refractivity contribution < 1.29 is 14.3 Å². The molecule has 0 fully saturated rings. The fourth-order valence-corrected chi connectivity index (χ4v) is 2.00. The molecule has 0 unspecified atom stereocenters. The standard InChI is InChI=1S/C14H15NO4/c1-4-19-14(17)10-8-9-11(15(2)13(10)16)6-5-7-12(9)18-3/h5-8H,4H2,1-3H3. The van der Waals surface area contributed by atoms with Gasteiger partial charge in [-0.1, -0.05) is 6.07 Å². The molecular weight excluding hydrogens is 246 g/mol. The number of aromatic nitrogens is 1. The molecule has 0 saturated heterocycles. The Morgan fingerprint density at radius 2 is 2.11 bits per heavy atom. The molecule has 0 atom stereocenters. The molecule has 0 amide bonds. The van der Waals surface area contributed by atoms with E-state index in [-0.39, 0.29) is 17.7 Å². The summed E-state index contributed by atoms with van der Waals surface area (Å²) >= 11 is 0. The molecule has 0 bridgehead atoms. The predicted octanol–water partition coefficient (Wildman–Crippen LogP) is 1.72. The number of carbonyl (C=O) groups excluding carboxylic acids is 1. The molecular formula is C14H15NO4. The molecule has 1 aromatic heterocycles. The van der Waals surface area contributed by atoms with E-state index in [9.17, 15) is 9.59 Å². The first-order chi connectivity index (χ1) is 9.10. The average Bonchev–Trinajstić information content (AvgIpc) is 2.42. The number of hydrogen-bond donors (Lipinski definition) is 0. The third-order valence-corrected chi connectivity index (χ3v) is 2.94.